The van der Waals surface area contributed by atoms with Crippen LogP contribution in [0.2, 0.25) is 0 Å². The molecule has 3 rings (SSSR count). The second kappa shape index (κ2) is 4.81. The molecule has 1 nitrogen and oxygen atoms in total. The molecule has 17 heavy (non-hydrogen) atoms. The third kappa shape index (κ3) is 2.13. The first kappa shape index (κ1) is 11.3. The highest BCUT2D eigenvalue weighted by Gasteiger charge is 2.21. The lowest BCUT2D eigenvalue weighted by Crippen LogP contribution is -2.28. The Kier molecular flexibility index (Phi) is 3.19. The molecule has 1 atom stereocenters. The summed E-state index contributed by atoms with van der Waals surface area (Å²) in [6.07, 6.45) is 9.46. The van der Waals surface area contributed by atoms with Gasteiger partial charge < -0.3 is 5.32 Å². The van der Waals surface area contributed by atoms with Crippen molar-refractivity contribution >= 4 is 0 Å². The molecule has 1 unspecified atom stereocenters. The Hall–Kier alpha value is -0.820. The number of benzene rings is 1. The predicted octanol–water partition coefficient (Wildman–Crippen LogP) is 3.69. The molecule has 0 spiro atoms. The lowest BCUT2D eigenvalue weighted by molar-refractivity contribution is 0.409. The first-order valence-electron chi connectivity index (χ1n) is 7.21. The van der Waals surface area contributed by atoms with Crippen LogP contribution in [-0.4, -0.2) is 6.54 Å². The fourth-order valence-corrected chi connectivity index (χ4v) is 3.52. The summed E-state index contributed by atoms with van der Waals surface area (Å²) in [5, 5.41) is 3.70. The zero-order valence-electron chi connectivity index (χ0n) is 10.9. The fraction of sp³-hybridized carbons (Fsp3) is 0.625. The number of piperidine rings is 1. The third-order valence-electron chi connectivity index (χ3n) is 4.49. The van der Waals surface area contributed by atoms with Gasteiger partial charge in [-0.2, -0.15) is 0 Å². The molecule has 1 aromatic carbocycles. The summed E-state index contributed by atoms with van der Waals surface area (Å²) in [6, 6.07) is 5.37. The maximum absolute atomic E-state index is 3.70. The Morgan fingerprint density at radius 1 is 1.00 bits per heavy atom. The number of aryl methyl sites for hydroxylation is 1. The highest BCUT2D eigenvalue weighted by molar-refractivity contribution is 5.43. The van der Waals surface area contributed by atoms with Gasteiger partial charge in [0.05, 0.1) is 0 Å². The molecule has 92 valence electrons. The average molecular weight is 229 g/mol. The van der Waals surface area contributed by atoms with Crippen molar-refractivity contribution in [2.45, 2.75) is 57.9 Å². The monoisotopic (exact) mass is 229 g/mol. The molecule has 0 radical (unpaired) electrons. The van der Waals surface area contributed by atoms with Gasteiger partial charge in [-0.25, -0.2) is 0 Å². The van der Waals surface area contributed by atoms with E-state index in [9.17, 15) is 0 Å². The van der Waals surface area contributed by atoms with Crippen molar-refractivity contribution in [3.8, 4) is 0 Å². The molecule has 1 N–H and O–H groups in total. The van der Waals surface area contributed by atoms with Crippen LogP contribution in [0.15, 0.2) is 12.1 Å². The Morgan fingerprint density at radius 2 is 1.82 bits per heavy atom. The molecule has 1 fully saturated rings. The van der Waals surface area contributed by atoms with Gasteiger partial charge in [0.1, 0.15) is 0 Å². The largest absolute Gasteiger partial charge is 0.310 e. The molecule has 1 heteroatoms. The van der Waals surface area contributed by atoms with Gasteiger partial charge in [0.2, 0.25) is 0 Å². The molecule has 2 aliphatic rings. The van der Waals surface area contributed by atoms with Gasteiger partial charge in [0, 0.05) is 6.04 Å². The molecule has 0 bridgehead atoms. The van der Waals surface area contributed by atoms with E-state index in [2.05, 4.69) is 24.4 Å². The summed E-state index contributed by atoms with van der Waals surface area (Å²) < 4.78 is 0. The van der Waals surface area contributed by atoms with Crippen molar-refractivity contribution in [1.29, 1.82) is 0 Å². The van der Waals surface area contributed by atoms with Crippen molar-refractivity contribution in [3.63, 3.8) is 0 Å². The van der Waals surface area contributed by atoms with E-state index in [0.29, 0.717) is 6.04 Å². The van der Waals surface area contributed by atoms with E-state index < -0.39 is 0 Å². The summed E-state index contributed by atoms with van der Waals surface area (Å²) in [7, 11) is 0. The second-order valence-electron chi connectivity index (χ2n) is 5.64. The van der Waals surface area contributed by atoms with E-state index in [1.54, 1.807) is 16.7 Å². The lowest BCUT2D eigenvalue weighted by atomic mass is 9.82. The Bertz CT molecular complexity index is 402. The van der Waals surface area contributed by atoms with Crippen LogP contribution in [0.4, 0.5) is 0 Å². The number of nitrogens with one attached hydrogen (secondary N) is 1. The molecule has 0 amide bonds. The third-order valence-corrected chi connectivity index (χ3v) is 4.49. The van der Waals surface area contributed by atoms with Gasteiger partial charge in [0.25, 0.3) is 0 Å². The van der Waals surface area contributed by atoms with Crippen molar-refractivity contribution in [2.75, 3.05) is 6.54 Å². The van der Waals surface area contributed by atoms with Crippen LogP contribution < -0.4 is 5.32 Å². The van der Waals surface area contributed by atoms with Crippen LogP contribution in [0.3, 0.4) is 0 Å². The summed E-state index contributed by atoms with van der Waals surface area (Å²) in [6.45, 7) is 3.48. The Balaban J connectivity index is 1.98. The van der Waals surface area contributed by atoms with Crippen molar-refractivity contribution in [3.05, 3.63) is 34.4 Å². The summed E-state index contributed by atoms with van der Waals surface area (Å²) in [5.41, 5.74) is 6.49. The molecule has 1 saturated heterocycles. The van der Waals surface area contributed by atoms with Crippen LogP contribution in [0, 0.1) is 6.92 Å². The van der Waals surface area contributed by atoms with Gasteiger partial charge in [-0.3, -0.25) is 0 Å². The first-order chi connectivity index (χ1) is 8.36. The zero-order valence-corrected chi connectivity index (χ0v) is 10.9. The van der Waals surface area contributed by atoms with Crippen LogP contribution in [-0.2, 0) is 12.8 Å². The average Bonchev–Trinajstić information content (AvgIpc) is 2.41. The van der Waals surface area contributed by atoms with E-state index >= 15 is 0 Å². The maximum atomic E-state index is 3.70. The summed E-state index contributed by atoms with van der Waals surface area (Å²) >= 11 is 0. The van der Waals surface area contributed by atoms with Gasteiger partial charge in [-0.05, 0) is 74.2 Å². The quantitative estimate of drug-likeness (QED) is 0.774. The molecule has 1 aromatic rings. The molecule has 0 saturated carbocycles. The van der Waals surface area contributed by atoms with E-state index in [1.807, 2.05) is 0 Å². The first-order valence-corrected chi connectivity index (χ1v) is 7.21. The molecular weight excluding hydrogens is 206 g/mol. The van der Waals surface area contributed by atoms with Gasteiger partial charge in [0.15, 0.2) is 0 Å². The number of hydrogen-bond donors (Lipinski definition) is 1. The van der Waals surface area contributed by atoms with Crippen molar-refractivity contribution in [1.82, 2.24) is 5.32 Å². The highest BCUT2D eigenvalue weighted by atomic mass is 14.9. The van der Waals surface area contributed by atoms with E-state index in [0.717, 1.165) is 0 Å². The topological polar surface area (TPSA) is 12.0 Å². The Morgan fingerprint density at radius 3 is 2.59 bits per heavy atom. The SMILES string of the molecule is Cc1ccc(C2CCCCN2)c2c1CCCC2. The predicted molar refractivity (Wildman–Crippen MR) is 72.4 cm³/mol. The maximum Gasteiger partial charge on any atom is 0.0323 e. The normalized spacial score (nSPS) is 24.4. The minimum atomic E-state index is 0.635. The lowest BCUT2D eigenvalue weighted by Gasteiger charge is -2.29. The molecule has 1 aliphatic carbocycles. The standard InChI is InChI=1S/C16H23N/c1-12-9-10-15(16-8-4-5-11-17-16)14-7-3-2-6-13(12)14/h9-10,16-17H,2-8,11H2,1H3. The van der Waals surface area contributed by atoms with E-state index in [1.165, 1.54) is 57.1 Å². The van der Waals surface area contributed by atoms with E-state index in [4.69, 9.17) is 0 Å². The Labute approximate surface area is 105 Å². The van der Waals surface area contributed by atoms with Crippen LogP contribution in [0.5, 0.6) is 0 Å². The minimum Gasteiger partial charge on any atom is -0.310 e. The highest BCUT2D eigenvalue weighted by Crippen LogP contribution is 2.33. The summed E-state index contributed by atoms with van der Waals surface area (Å²) in [5.74, 6) is 0. The minimum absolute atomic E-state index is 0.635. The zero-order chi connectivity index (χ0) is 11.7. The van der Waals surface area contributed by atoms with Gasteiger partial charge in [-0.15, -0.1) is 0 Å². The smallest absolute Gasteiger partial charge is 0.0323 e. The van der Waals surface area contributed by atoms with Crippen LogP contribution >= 0.6 is 0 Å². The van der Waals surface area contributed by atoms with Crippen LogP contribution in [0.25, 0.3) is 0 Å². The van der Waals surface area contributed by atoms with Crippen molar-refractivity contribution < 1.29 is 0 Å². The number of hydrogen-bond acceptors (Lipinski definition) is 1. The van der Waals surface area contributed by atoms with E-state index in [-0.39, 0.29) is 0 Å². The number of fused-ring (bicyclic) bond motifs is 1. The molecule has 1 aliphatic heterocycles. The van der Waals surface area contributed by atoms with Crippen LogP contribution in [0.1, 0.15) is 60.4 Å². The molecular formula is C16H23N. The molecule has 1 heterocycles. The summed E-state index contributed by atoms with van der Waals surface area (Å²) in [4.78, 5) is 0. The fourth-order valence-electron chi connectivity index (χ4n) is 3.52. The molecule has 0 aromatic heterocycles. The second-order valence-corrected chi connectivity index (χ2v) is 5.64. The van der Waals surface area contributed by atoms with Gasteiger partial charge >= 0.3 is 0 Å². The van der Waals surface area contributed by atoms with Crippen molar-refractivity contribution in [2.24, 2.45) is 0 Å². The van der Waals surface area contributed by atoms with Gasteiger partial charge in [-0.1, -0.05) is 18.6 Å². The number of rotatable bonds is 1.